The third-order valence-corrected chi connectivity index (χ3v) is 2.27. The minimum absolute atomic E-state index is 0.0608. The first-order valence-electron chi connectivity index (χ1n) is 4.37. The van der Waals surface area contributed by atoms with Crippen molar-refractivity contribution in [3.8, 4) is 0 Å². The lowest BCUT2D eigenvalue weighted by Gasteiger charge is -2.01. The van der Waals surface area contributed by atoms with E-state index in [1.165, 1.54) is 25.1 Å². The van der Waals surface area contributed by atoms with Crippen molar-refractivity contribution in [2.75, 3.05) is 0 Å². The molecular weight excluding hydrogens is 152 g/mol. The fourth-order valence-electron chi connectivity index (χ4n) is 1.27. The van der Waals surface area contributed by atoms with Crippen LogP contribution in [0.4, 0.5) is 0 Å². The molecule has 0 saturated heterocycles. The van der Waals surface area contributed by atoms with Crippen LogP contribution in [0.15, 0.2) is 23.4 Å². The molecule has 1 saturated carbocycles. The molecule has 0 atom stereocenters. The van der Waals surface area contributed by atoms with E-state index in [0.29, 0.717) is 0 Å². The molecule has 1 aliphatic carbocycles. The van der Waals surface area contributed by atoms with E-state index in [0.717, 1.165) is 18.9 Å². The number of aromatic nitrogens is 2. The summed E-state index contributed by atoms with van der Waals surface area (Å²) >= 11 is 0. The Morgan fingerprint density at radius 2 is 2.42 bits per heavy atom. The van der Waals surface area contributed by atoms with Gasteiger partial charge in [0.15, 0.2) is 0 Å². The zero-order valence-corrected chi connectivity index (χ0v) is 6.94. The molecule has 1 aliphatic rings. The Morgan fingerprint density at radius 3 is 3.08 bits per heavy atom. The van der Waals surface area contributed by atoms with E-state index in [1.807, 2.05) is 0 Å². The molecule has 3 heteroatoms. The highest BCUT2D eigenvalue weighted by atomic mass is 16.1. The van der Waals surface area contributed by atoms with Crippen LogP contribution in [-0.4, -0.2) is 9.55 Å². The number of rotatable bonds is 3. The zero-order chi connectivity index (χ0) is 8.39. The van der Waals surface area contributed by atoms with Crippen molar-refractivity contribution < 1.29 is 0 Å². The van der Waals surface area contributed by atoms with Gasteiger partial charge in [0.25, 0.3) is 5.56 Å². The van der Waals surface area contributed by atoms with Gasteiger partial charge < -0.3 is 0 Å². The molecule has 0 N–H and O–H groups in total. The van der Waals surface area contributed by atoms with Gasteiger partial charge in [-0.1, -0.05) is 12.8 Å². The average Bonchev–Trinajstić information content (AvgIpc) is 2.86. The number of aryl methyl sites for hydroxylation is 1. The van der Waals surface area contributed by atoms with Crippen molar-refractivity contribution in [1.29, 1.82) is 0 Å². The van der Waals surface area contributed by atoms with E-state index in [-0.39, 0.29) is 5.56 Å². The van der Waals surface area contributed by atoms with Crippen molar-refractivity contribution in [3.05, 3.63) is 28.9 Å². The Bertz CT molecular complexity index is 314. The second kappa shape index (κ2) is 3.09. The lowest BCUT2D eigenvalue weighted by Crippen LogP contribution is -2.18. The standard InChI is InChI=1S/C9H12N2O/c12-9-3-5-10-7-11(9)6-4-8-1-2-8/h3,5,7-8H,1-2,4,6H2. The minimum Gasteiger partial charge on any atom is -0.299 e. The van der Waals surface area contributed by atoms with Gasteiger partial charge in [-0.3, -0.25) is 9.36 Å². The van der Waals surface area contributed by atoms with Crippen molar-refractivity contribution in [1.82, 2.24) is 9.55 Å². The highest BCUT2D eigenvalue weighted by Gasteiger charge is 2.20. The van der Waals surface area contributed by atoms with Gasteiger partial charge in [-0.2, -0.15) is 0 Å². The topological polar surface area (TPSA) is 34.9 Å². The van der Waals surface area contributed by atoms with Gasteiger partial charge in [-0.15, -0.1) is 0 Å². The third kappa shape index (κ3) is 1.72. The summed E-state index contributed by atoms with van der Waals surface area (Å²) in [7, 11) is 0. The third-order valence-electron chi connectivity index (χ3n) is 2.27. The maximum atomic E-state index is 11.2. The molecular formula is C9H12N2O. The van der Waals surface area contributed by atoms with Crippen molar-refractivity contribution >= 4 is 0 Å². The van der Waals surface area contributed by atoms with Crippen molar-refractivity contribution in [2.45, 2.75) is 25.8 Å². The van der Waals surface area contributed by atoms with Crippen LogP contribution in [0.5, 0.6) is 0 Å². The normalized spacial score (nSPS) is 16.3. The van der Waals surface area contributed by atoms with E-state index in [2.05, 4.69) is 4.98 Å². The van der Waals surface area contributed by atoms with Crippen LogP contribution in [0.25, 0.3) is 0 Å². The van der Waals surface area contributed by atoms with E-state index >= 15 is 0 Å². The zero-order valence-electron chi connectivity index (χ0n) is 6.94. The summed E-state index contributed by atoms with van der Waals surface area (Å²) in [6.45, 7) is 0.831. The molecule has 64 valence electrons. The van der Waals surface area contributed by atoms with Crippen LogP contribution in [0, 0.1) is 5.92 Å². The van der Waals surface area contributed by atoms with Gasteiger partial charge in [0.1, 0.15) is 0 Å². The Labute approximate surface area is 71.1 Å². The van der Waals surface area contributed by atoms with Crippen LogP contribution in [0.3, 0.4) is 0 Å². The second-order valence-electron chi connectivity index (χ2n) is 3.34. The Kier molecular flexibility index (Phi) is 1.94. The van der Waals surface area contributed by atoms with Crippen LogP contribution in [0.2, 0.25) is 0 Å². The Hall–Kier alpha value is -1.12. The van der Waals surface area contributed by atoms with Crippen LogP contribution < -0.4 is 5.56 Å². The first kappa shape index (κ1) is 7.53. The summed E-state index contributed by atoms with van der Waals surface area (Å²) in [6, 6.07) is 1.51. The monoisotopic (exact) mass is 164 g/mol. The first-order valence-corrected chi connectivity index (χ1v) is 4.37. The molecule has 0 amide bonds. The molecule has 0 aliphatic heterocycles. The predicted molar refractivity (Wildman–Crippen MR) is 45.8 cm³/mol. The summed E-state index contributed by atoms with van der Waals surface area (Å²) in [6.07, 6.45) is 6.97. The molecule has 1 heterocycles. The Balaban J connectivity index is 2.01. The number of nitrogens with zero attached hydrogens (tertiary/aromatic N) is 2. The van der Waals surface area contributed by atoms with E-state index < -0.39 is 0 Å². The summed E-state index contributed by atoms with van der Waals surface area (Å²) in [5.74, 6) is 0.872. The first-order chi connectivity index (χ1) is 5.86. The molecule has 0 spiro atoms. The Morgan fingerprint density at radius 1 is 1.58 bits per heavy atom. The highest BCUT2D eigenvalue weighted by Crippen LogP contribution is 2.32. The SMILES string of the molecule is O=c1ccncn1CCC1CC1. The largest absolute Gasteiger partial charge is 0.299 e. The fraction of sp³-hybridized carbons (Fsp3) is 0.556. The fourth-order valence-corrected chi connectivity index (χ4v) is 1.27. The maximum Gasteiger partial charge on any atom is 0.253 e. The molecule has 0 aromatic carbocycles. The predicted octanol–water partition coefficient (Wildman–Crippen LogP) is 1.04. The molecule has 0 unspecified atom stereocenters. The molecule has 12 heavy (non-hydrogen) atoms. The molecule has 2 rings (SSSR count). The second-order valence-corrected chi connectivity index (χ2v) is 3.34. The highest BCUT2D eigenvalue weighted by molar-refractivity contribution is 4.83. The summed E-state index contributed by atoms with van der Waals surface area (Å²) < 4.78 is 1.68. The lowest BCUT2D eigenvalue weighted by molar-refractivity contribution is 0.573. The molecule has 0 bridgehead atoms. The molecule has 1 aromatic rings. The van der Waals surface area contributed by atoms with E-state index in [4.69, 9.17) is 0 Å². The molecule has 1 fully saturated rings. The van der Waals surface area contributed by atoms with Gasteiger partial charge in [0, 0.05) is 18.8 Å². The lowest BCUT2D eigenvalue weighted by atomic mass is 10.3. The minimum atomic E-state index is 0.0608. The van der Waals surface area contributed by atoms with Gasteiger partial charge in [-0.25, -0.2) is 4.98 Å². The van der Waals surface area contributed by atoms with Crippen LogP contribution in [-0.2, 0) is 6.54 Å². The van der Waals surface area contributed by atoms with E-state index in [1.54, 1.807) is 10.9 Å². The van der Waals surface area contributed by atoms with Gasteiger partial charge in [0.2, 0.25) is 0 Å². The van der Waals surface area contributed by atoms with Crippen molar-refractivity contribution in [3.63, 3.8) is 0 Å². The van der Waals surface area contributed by atoms with E-state index in [9.17, 15) is 4.79 Å². The summed E-state index contributed by atoms with van der Waals surface area (Å²) in [5, 5.41) is 0. The average molecular weight is 164 g/mol. The smallest absolute Gasteiger partial charge is 0.253 e. The molecule has 1 aromatic heterocycles. The van der Waals surface area contributed by atoms with Gasteiger partial charge >= 0.3 is 0 Å². The van der Waals surface area contributed by atoms with Gasteiger partial charge in [-0.05, 0) is 12.3 Å². The van der Waals surface area contributed by atoms with Crippen LogP contribution >= 0.6 is 0 Å². The van der Waals surface area contributed by atoms with Crippen molar-refractivity contribution in [2.24, 2.45) is 5.92 Å². The molecule has 3 nitrogen and oxygen atoms in total. The summed E-state index contributed by atoms with van der Waals surface area (Å²) in [4.78, 5) is 15.1. The summed E-state index contributed by atoms with van der Waals surface area (Å²) in [5.41, 5.74) is 0.0608. The van der Waals surface area contributed by atoms with Crippen LogP contribution in [0.1, 0.15) is 19.3 Å². The molecule has 0 radical (unpaired) electrons. The maximum absolute atomic E-state index is 11.2. The quantitative estimate of drug-likeness (QED) is 0.669. The number of hydrogen-bond acceptors (Lipinski definition) is 2. The van der Waals surface area contributed by atoms with Gasteiger partial charge in [0.05, 0.1) is 6.33 Å². The number of hydrogen-bond donors (Lipinski definition) is 0.